The van der Waals surface area contributed by atoms with E-state index in [1.807, 2.05) is 17.5 Å². The number of para-hydroxylation sites is 1. The number of thiophene rings is 1. The van der Waals surface area contributed by atoms with Gasteiger partial charge in [0, 0.05) is 18.5 Å². The molecule has 0 aliphatic carbocycles. The first kappa shape index (κ1) is 15.5. The normalized spacial score (nSPS) is 10.4. The van der Waals surface area contributed by atoms with E-state index in [0.29, 0.717) is 13.0 Å². The molecular weight excluding hydrogens is 312 g/mol. The molecule has 110 valence electrons. The van der Waals surface area contributed by atoms with E-state index < -0.39 is 10.8 Å². The first-order valence-corrected chi connectivity index (χ1v) is 7.47. The molecule has 0 saturated heterocycles. The van der Waals surface area contributed by atoms with Gasteiger partial charge in [-0.3, -0.25) is 14.9 Å². The van der Waals surface area contributed by atoms with Crippen molar-refractivity contribution in [3.63, 3.8) is 0 Å². The predicted octanol–water partition coefficient (Wildman–Crippen LogP) is 3.62. The summed E-state index contributed by atoms with van der Waals surface area (Å²) in [4.78, 5) is 25.4. The van der Waals surface area contributed by atoms with Crippen LogP contribution in [0.25, 0.3) is 0 Å². The summed E-state index contributed by atoms with van der Waals surface area (Å²) in [5, 5.41) is 13.0. The van der Waals surface area contributed by atoms with Crippen LogP contribution in [-0.4, -0.2) is 29.3 Å². The van der Waals surface area contributed by atoms with Gasteiger partial charge in [0.15, 0.2) is 0 Å². The van der Waals surface area contributed by atoms with Crippen LogP contribution in [-0.2, 0) is 6.42 Å². The monoisotopic (exact) mass is 324 g/mol. The largest absolute Gasteiger partial charge is 0.341 e. The zero-order valence-corrected chi connectivity index (χ0v) is 12.9. The zero-order valence-electron chi connectivity index (χ0n) is 11.3. The van der Waals surface area contributed by atoms with Crippen molar-refractivity contribution in [3.8, 4) is 0 Å². The van der Waals surface area contributed by atoms with E-state index in [9.17, 15) is 14.9 Å². The number of rotatable bonds is 5. The lowest BCUT2D eigenvalue weighted by molar-refractivity contribution is -0.385. The molecule has 2 aromatic rings. The average molecular weight is 325 g/mol. The molecule has 0 atom stereocenters. The van der Waals surface area contributed by atoms with E-state index in [0.717, 1.165) is 4.88 Å². The summed E-state index contributed by atoms with van der Waals surface area (Å²) in [5.74, 6) is -0.402. The minimum Gasteiger partial charge on any atom is -0.341 e. The fourth-order valence-corrected chi connectivity index (χ4v) is 2.86. The molecule has 1 heterocycles. The third-order valence-electron chi connectivity index (χ3n) is 3.02. The van der Waals surface area contributed by atoms with Gasteiger partial charge < -0.3 is 4.90 Å². The van der Waals surface area contributed by atoms with Crippen molar-refractivity contribution in [3.05, 3.63) is 61.3 Å². The molecule has 5 nitrogen and oxygen atoms in total. The standard InChI is InChI=1S/C14H13ClN2O3S/c1-16(8-7-10-4-3-9-21-10)14(18)11-5-2-6-12(15)13(11)17(19)20/h2-6,9H,7-8H2,1H3. The number of nitro benzene ring substituents is 1. The molecule has 1 aromatic heterocycles. The number of halogens is 1. The number of hydrogen-bond acceptors (Lipinski definition) is 4. The lowest BCUT2D eigenvalue weighted by atomic mass is 10.1. The van der Waals surface area contributed by atoms with Gasteiger partial charge in [0.05, 0.1) is 4.92 Å². The Balaban J connectivity index is 2.16. The predicted molar refractivity (Wildman–Crippen MR) is 83.1 cm³/mol. The van der Waals surface area contributed by atoms with Crippen molar-refractivity contribution in [2.75, 3.05) is 13.6 Å². The van der Waals surface area contributed by atoms with Crippen LogP contribution in [0.5, 0.6) is 0 Å². The molecule has 1 amide bonds. The van der Waals surface area contributed by atoms with Crippen molar-refractivity contribution in [2.24, 2.45) is 0 Å². The highest BCUT2D eigenvalue weighted by atomic mass is 35.5. The first-order chi connectivity index (χ1) is 10.0. The summed E-state index contributed by atoms with van der Waals surface area (Å²) >= 11 is 7.44. The number of amides is 1. The highest BCUT2D eigenvalue weighted by Crippen LogP contribution is 2.29. The van der Waals surface area contributed by atoms with Crippen LogP contribution in [0.1, 0.15) is 15.2 Å². The van der Waals surface area contributed by atoms with Crippen molar-refractivity contribution < 1.29 is 9.72 Å². The molecule has 2 rings (SSSR count). The molecule has 1 aromatic carbocycles. The summed E-state index contributed by atoms with van der Waals surface area (Å²) in [7, 11) is 1.63. The van der Waals surface area contributed by atoms with Gasteiger partial charge in [0.1, 0.15) is 10.6 Å². The Morgan fingerprint density at radius 2 is 2.14 bits per heavy atom. The molecule has 0 spiro atoms. The van der Waals surface area contributed by atoms with Gasteiger partial charge in [-0.2, -0.15) is 0 Å². The van der Waals surface area contributed by atoms with Crippen molar-refractivity contribution in [1.82, 2.24) is 4.90 Å². The second-order valence-electron chi connectivity index (χ2n) is 4.45. The lowest BCUT2D eigenvalue weighted by Gasteiger charge is -2.17. The second-order valence-corrected chi connectivity index (χ2v) is 5.89. The third kappa shape index (κ3) is 3.59. The molecule has 7 heteroatoms. The Kier molecular flexibility index (Phi) is 4.93. The maximum Gasteiger partial charge on any atom is 0.300 e. The molecule has 0 fully saturated rings. The Labute approximate surface area is 130 Å². The summed E-state index contributed by atoms with van der Waals surface area (Å²) in [6.07, 6.45) is 0.717. The third-order valence-corrected chi connectivity index (χ3v) is 4.26. The SMILES string of the molecule is CN(CCc1cccs1)C(=O)c1cccc(Cl)c1[N+](=O)[O-]. The van der Waals surface area contributed by atoms with Crippen LogP contribution in [0.2, 0.25) is 5.02 Å². The van der Waals surface area contributed by atoms with Crippen LogP contribution in [0.3, 0.4) is 0 Å². The Bertz CT molecular complexity index is 658. The topological polar surface area (TPSA) is 63.5 Å². The van der Waals surface area contributed by atoms with Crippen LogP contribution in [0, 0.1) is 10.1 Å². The summed E-state index contributed by atoms with van der Waals surface area (Å²) < 4.78 is 0. The molecule has 0 aliphatic rings. The van der Waals surface area contributed by atoms with E-state index in [1.165, 1.54) is 23.1 Å². The number of nitro groups is 1. The molecule has 0 N–H and O–H groups in total. The fraction of sp³-hybridized carbons (Fsp3) is 0.214. The number of likely N-dealkylation sites (N-methyl/N-ethyl adjacent to an activating group) is 1. The van der Waals surface area contributed by atoms with Gasteiger partial charge in [-0.05, 0) is 30.0 Å². The van der Waals surface area contributed by atoms with Gasteiger partial charge in [0.25, 0.3) is 5.91 Å². The molecule has 0 aliphatic heterocycles. The van der Waals surface area contributed by atoms with E-state index in [-0.39, 0.29) is 16.3 Å². The summed E-state index contributed by atoms with van der Waals surface area (Å²) in [5.41, 5.74) is -0.326. The van der Waals surface area contributed by atoms with Crippen molar-refractivity contribution in [1.29, 1.82) is 0 Å². The Morgan fingerprint density at radius 1 is 1.38 bits per heavy atom. The van der Waals surface area contributed by atoms with Crippen molar-refractivity contribution >= 4 is 34.5 Å². The van der Waals surface area contributed by atoms with Crippen LogP contribution in [0.4, 0.5) is 5.69 Å². The smallest absolute Gasteiger partial charge is 0.300 e. The van der Waals surface area contributed by atoms with Crippen LogP contribution in [0.15, 0.2) is 35.7 Å². The maximum absolute atomic E-state index is 12.3. The minimum absolute atomic E-state index is 0.0150. The van der Waals surface area contributed by atoms with Gasteiger partial charge in [-0.1, -0.05) is 23.7 Å². The Morgan fingerprint density at radius 3 is 2.76 bits per heavy atom. The molecule has 21 heavy (non-hydrogen) atoms. The summed E-state index contributed by atoms with van der Waals surface area (Å²) in [6.45, 7) is 0.489. The zero-order chi connectivity index (χ0) is 15.4. The van der Waals surface area contributed by atoms with E-state index in [4.69, 9.17) is 11.6 Å². The minimum atomic E-state index is -0.622. The highest BCUT2D eigenvalue weighted by molar-refractivity contribution is 7.09. The molecule has 0 bridgehead atoms. The number of carbonyl (C=O) groups excluding carboxylic acids is 1. The number of hydrogen-bond donors (Lipinski definition) is 0. The van der Waals surface area contributed by atoms with E-state index in [2.05, 4.69) is 0 Å². The van der Waals surface area contributed by atoms with Crippen molar-refractivity contribution in [2.45, 2.75) is 6.42 Å². The second kappa shape index (κ2) is 6.69. The number of carbonyl (C=O) groups is 1. The quantitative estimate of drug-likeness (QED) is 0.623. The van der Waals surface area contributed by atoms with Crippen LogP contribution < -0.4 is 0 Å². The fourth-order valence-electron chi connectivity index (χ4n) is 1.91. The Hall–Kier alpha value is -1.92. The summed E-state index contributed by atoms with van der Waals surface area (Å²) in [6, 6.07) is 8.31. The lowest BCUT2D eigenvalue weighted by Crippen LogP contribution is -2.29. The molecule has 0 saturated carbocycles. The number of nitrogens with zero attached hydrogens (tertiary/aromatic N) is 2. The first-order valence-electron chi connectivity index (χ1n) is 6.21. The van der Waals surface area contributed by atoms with E-state index >= 15 is 0 Å². The molecule has 0 unspecified atom stereocenters. The molecular formula is C14H13ClN2O3S. The van der Waals surface area contributed by atoms with Gasteiger partial charge in [-0.15, -0.1) is 11.3 Å². The number of benzene rings is 1. The van der Waals surface area contributed by atoms with Gasteiger partial charge in [-0.25, -0.2) is 0 Å². The molecule has 0 radical (unpaired) electrons. The van der Waals surface area contributed by atoms with Gasteiger partial charge in [0.2, 0.25) is 0 Å². The maximum atomic E-state index is 12.3. The van der Waals surface area contributed by atoms with E-state index in [1.54, 1.807) is 18.4 Å². The highest BCUT2D eigenvalue weighted by Gasteiger charge is 2.25. The van der Waals surface area contributed by atoms with Crippen LogP contribution >= 0.6 is 22.9 Å². The van der Waals surface area contributed by atoms with Gasteiger partial charge >= 0.3 is 5.69 Å². The average Bonchev–Trinajstić information content (AvgIpc) is 2.96.